The largest absolute Gasteiger partial charge is 0.413 e. The number of alkyl halides is 3. The monoisotopic (exact) mass is 299 g/mol. The molecule has 0 amide bonds. The van der Waals surface area contributed by atoms with E-state index in [2.05, 4.69) is 4.18 Å². The van der Waals surface area contributed by atoms with Gasteiger partial charge in [0.05, 0.1) is 9.82 Å². The van der Waals surface area contributed by atoms with E-state index in [0.717, 1.165) is 18.2 Å². The molecule has 0 radical (unpaired) electrons. The first kappa shape index (κ1) is 15.4. The zero-order valence-corrected chi connectivity index (χ0v) is 10.3. The Balaban J connectivity index is 3.03. The molecule has 0 unspecified atom stereocenters. The zero-order chi connectivity index (χ0) is 14.8. The second-order valence-electron chi connectivity index (χ2n) is 3.54. The molecule has 106 valence electrons. The Bertz CT molecular complexity index is 596. The zero-order valence-electron chi connectivity index (χ0n) is 9.47. The summed E-state index contributed by atoms with van der Waals surface area (Å²) in [6.07, 6.45) is -4.79. The Morgan fingerprint density at radius 1 is 1.37 bits per heavy atom. The van der Waals surface area contributed by atoms with Gasteiger partial charge < -0.3 is 0 Å². The number of aryl methyl sites for hydroxylation is 1. The van der Waals surface area contributed by atoms with Gasteiger partial charge in [0.15, 0.2) is 6.61 Å². The molecule has 0 bridgehead atoms. The van der Waals surface area contributed by atoms with E-state index in [1.54, 1.807) is 0 Å². The van der Waals surface area contributed by atoms with Crippen molar-refractivity contribution in [1.82, 2.24) is 0 Å². The third kappa shape index (κ3) is 4.17. The van der Waals surface area contributed by atoms with Crippen molar-refractivity contribution in [1.29, 1.82) is 0 Å². The highest BCUT2D eigenvalue weighted by molar-refractivity contribution is 7.86. The maximum Gasteiger partial charge on any atom is 0.413 e. The first-order valence-corrected chi connectivity index (χ1v) is 6.15. The SMILES string of the molecule is Cc1cc(S(=O)(=O)OCC(F)(F)F)ccc1[N+](=O)[O-]. The minimum atomic E-state index is -4.79. The molecule has 0 spiro atoms. The number of nitro benzene ring substituents is 1. The lowest BCUT2D eigenvalue weighted by Crippen LogP contribution is -2.20. The standard InChI is InChI=1S/C9H8F3NO5S/c1-6-4-7(2-3-8(6)13(14)15)19(16,17)18-5-9(10,11)12/h2-4H,5H2,1H3. The van der Waals surface area contributed by atoms with Gasteiger partial charge in [0.25, 0.3) is 15.8 Å². The molecule has 0 aromatic heterocycles. The summed E-state index contributed by atoms with van der Waals surface area (Å²) in [5.41, 5.74) is -0.337. The van der Waals surface area contributed by atoms with Crippen LogP contribution in [-0.2, 0) is 14.3 Å². The Kier molecular flexibility index (Phi) is 4.15. The van der Waals surface area contributed by atoms with Gasteiger partial charge in [-0.05, 0) is 19.1 Å². The van der Waals surface area contributed by atoms with Crippen molar-refractivity contribution in [2.45, 2.75) is 18.0 Å². The molecule has 6 nitrogen and oxygen atoms in total. The molecule has 10 heteroatoms. The summed E-state index contributed by atoms with van der Waals surface area (Å²) in [6, 6.07) is 2.58. The van der Waals surface area contributed by atoms with Crippen LogP contribution < -0.4 is 0 Å². The van der Waals surface area contributed by atoms with E-state index in [4.69, 9.17) is 0 Å². The molecule has 0 N–H and O–H groups in total. The Hall–Kier alpha value is -1.68. The van der Waals surface area contributed by atoms with E-state index in [1.165, 1.54) is 6.92 Å². The molecule has 0 fully saturated rings. The third-order valence-corrected chi connectivity index (χ3v) is 3.29. The van der Waals surface area contributed by atoms with Gasteiger partial charge in [-0.3, -0.25) is 14.3 Å². The van der Waals surface area contributed by atoms with E-state index < -0.39 is 32.7 Å². The van der Waals surface area contributed by atoms with Crippen molar-refractivity contribution < 1.29 is 30.7 Å². The molecule has 19 heavy (non-hydrogen) atoms. The highest BCUT2D eigenvalue weighted by atomic mass is 32.2. The molecule has 0 heterocycles. The Morgan fingerprint density at radius 3 is 2.37 bits per heavy atom. The summed E-state index contributed by atoms with van der Waals surface area (Å²) in [6.45, 7) is -0.688. The maximum atomic E-state index is 11.9. The Morgan fingerprint density at radius 2 is 1.95 bits per heavy atom. The van der Waals surface area contributed by atoms with Crippen LogP contribution in [0.25, 0.3) is 0 Å². The minimum Gasteiger partial charge on any atom is -0.258 e. The molecular weight excluding hydrogens is 291 g/mol. The van der Waals surface area contributed by atoms with Crippen LogP contribution in [0.15, 0.2) is 23.1 Å². The molecule has 0 aliphatic carbocycles. The van der Waals surface area contributed by atoms with E-state index in [1.807, 2.05) is 0 Å². The van der Waals surface area contributed by atoms with Crippen LogP contribution in [-0.4, -0.2) is 26.1 Å². The fourth-order valence-electron chi connectivity index (χ4n) is 1.20. The van der Waals surface area contributed by atoms with Crippen LogP contribution in [0.1, 0.15) is 5.56 Å². The number of nitrogens with zero attached hydrogens (tertiary/aromatic N) is 1. The van der Waals surface area contributed by atoms with E-state index >= 15 is 0 Å². The van der Waals surface area contributed by atoms with Crippen molar-refractivity contribution in [3.8, 4) is 0 Å². The molecule has 1 aromatic rings. The van der Waals surface area contributed by atoms with Crippen molar-refractivity contribution in [2.75, 3.05) is 6.61 Å². The molecular formula is C9H8F3NO5S. The Labute approximate surface area is 106 Å². The number of hydrogen-bond acceptors (Lipinski definition) is 5. The van der Waals surface area contributed by atoms with Gasteiger partial charge in [-0.2, -0.15) is 21.6 Å². The summed E-state index contributed by atoms with van der Waals surface area (Å²) in [5.74, 6) is 0. The highest BCUT2D eigenvalue weighted by Gasteiger charge is 2.31. The molecule has 0 aliphatic heterocycles. The molecule has 0 aliphatic rings. The molecule has 1 rings (SSSR count). The molecule has 0 atom stereocenters. The number of rotatable bonds is 4. The van der Waals surface area contributed by atoms with Crippen LogP contribution in [0.2, 0.25) is 0 Å². The summed E-state index contributed by atoms with van der Waals surface area (Å²) in [4.78, 5) is 9.21. The van der Waals surface area contributed by atoms with Crippen LogP contribution in [0.3, 0.4) is 0 Å². The minimum absolute atomic E-state index is 0.00156. The normalized spacial score (nSPS) is 12.4. The molecule has 1 aromatic carbocycles. The van der Waals surface area contributed by atoms with Gasteiger partial charge in [-0.15, -0.1) is 0 Å². The predicted molar refractivity (Wildman–Crippen MR) is 57.0 cm³/mol. The fourth-order valence-corrected chi connectivity index (χ4v) is 2.18. The van der Waals surface area contributed by atoms with Crippen LogP contribution in [0.4, 0.5) is 18.9 Å². The fraction of sp³-hybridized carbons (Fsp3) is 0.333. The quantitative estimate of drug-likeness (QED) is 0.483. The summed E-state index contributed by atoms with van der Waals surface area (Å²) in [7, 11) is -4.60. The predicted octanol–water partition coefficient (Wildman–Crippen LogP) is 2.17. The summed E-state index contributed by atoms with van der Waals surface area (Å²) in [5, 5.41) is 10.5. The second-order valence-corrected chi connectivity index (χ2v) is 5.15. The molecule has 0 saturated carbocycles. The van der Waals surface area contributed by atoms with Gasteiger partial charge in [0.2, 0.25) is 0 Å². The van der Waals surface area contributed by atoms with Crippen LogP contribution in [0.5, 0.6) is 0 Å². The highest BCUT2D eigenvalue weighted by Crippen LogP contribution is 2.24. The number of halogens is 3. The van der Waals surface area contributed by atoms with Crippen LogP contribution >= 0.6 is 0 Å². The average molecular weight is 299 g/mol. The van der Waals surface area contributed by atoms with Gasteiger partial charge in [0.1, 0.15) is 0 Å². The lowest BCUT2D eigenvalue weighted by Gasteiger charge is -2.08. The van der Waals surface area contributed by atoms with E-state index in [0.29, 0.717) is 0 Å². The van der Waals surface area contributed by atoms with Crippen molar-refractivity contribution in [3.05, 3.63) is 33.9 Å². The van der Waals surface area contributed by atoms with E-state index in [-0.39, 0.29) is 11.3 Å². The lowest BCUT2D eigenvalue weighted by atomic mass is 10.2. The molecule has 0 saturated heterocycles. The second kappa shape index (κ2) is 5.13. The van der Waals surface area contributed by atoms with Crippen molar-refractivity contribution in [3.63, 3.8) is 0 Å². The first-order valence-electron chi connectivity index (χ1n) is 4.74. The summed E-state index contributed by atoms with van der Waals surface area (Å²) >= 11 is 0. The van der Waals surface area contributed by atoms with Gasteiger partial charge >= 0.3 is 6.18 Å². The topological polar surface area (TPSA) is 86.5 Å². The summed E-state index contributed by atoms with van der Waals surface area (Å²) < 4.78 is 62.3. The third-order valence-electron chi connectivity index (χ3n) is 2.03. The average Bonchev–Trinajstić information content (AvgIpc) is 2.25. The van der Waals surface area contributed by atoms with E-state index in [9.17, 15) is 31.7 Å². The first-order chi connectivity index (χ1) is 8.53. The van der Waals surface area contributed by atoms with Gasteiger partial charge in [-0.1, -0.05) is 0 Å². The number of benzene rings is 1. The van der Waals surface area contributed by atoms with Crippen molar-refractivity contribution >= 4 is 15.8 Å². The maximum absolute atomic E-state index is 11.9. The smallest absolute Gasteiger partial charge is 0.258 e. The van der Waals surface area contributed by atoms with Gasteiger partial charge in [-0.25, -0.2) is 0 Å². The number of hydrogen-bond donors (Lipinski definition) is 0. The van der Waals surface area contributed by atoms with Gasteiger partial charge in [0, 0.05) is 11.6 Å². The lowest BCUT2D eigenvalue weighted by molar-refractivity contribution is -0.385. The van der Waals surface area contributed by atoms with Crippen molar-refractivity contribution in [2.24, 2.45) is 0 Å². The number of nitro groups is 1. The van der Waals surface area contributed by atoms with Crippen LogP contribution in [0, 0.1) is 17.0 Å².